The molecule has 3 unspecified atom stereocenters. The predicted octanol–water partition coefficient (Wildman–Crippen LogP) is 1.57. The minimum Gasteiger partial charge on any atom is -0.371 e. The van der Waals surface area contributed by atoms with Gasteiger partial charge in [-0.15, -0.1) is 0 Å². The smallest absolute Gasteiger partial charge is 0.251 e. The van der Waals surface area contributed by atoms with Crippen molar-refractivity contribution in [2.45, 2.75) is 44.5 Å². The fraction of sp³-hybridized carbons (Fsp3) is 0.917. The molecule has 0 aliphatic carbocycles. The number of carbonyl (C=O) groups excluding carboxylic acids is 1. The zero-order valence-corrected chi connectivity index (χ0v) is 11.8. The molecular weight excluding hydrogens is 286 g/mol. The Labute approximate surface area is 111 Å². The number of carbonyl (C=O) groups is 1. The highest BCUT2D eigenvalue weighted by Gasteiger charge is 2.32. The van der Waals surface area contributed by atoms with E-state index in [2.05, 4.69) is 15.9 Å². The molecular formula is C12H20BrNO3. The number of halogens is 1. The zero-order valence-electron chi connectivity index (χ0n) is 10.2. The van der Waals surface area contributed by atoms with E-state index in [9.17, 15) is 4.79 Å². The molecule has 0 aromatic heterocycles. The molecule has 0 spiro atoms. The van der Waals surface area contributed by atoms with E-state index in [0.717, 1.165) is 31.2 Å². The molecule has 17 heavy (non-hydrogen) atoms. The Bertz CT molecular complexity index is 268. The molecule has 1 amide bonds. The van der Waals surface area contributed by atoms with Gasteiger partial charge in [-0.3, -0.25) is 4.79 Å². The van der Waals surface area contributed by atoms with E-state index in [0.29, 0.717) is 13.1 Å². The van der Waals surface area contributed by atoms with Gasteiger partial charge in [0.25, 0.3) is 5.91 Å². The maximum Gasteiger partial charge on any atom is 0.251 e. The number of amides is 1. The first-order valence-corrected chi connectivity index (χ1v) is 7.44. The van der Waals surface area contributed by atoms with Crippen molar-refractivity contribution < 1.29 is 14.3 Å². The number of rotatable bonds is 2. The molecule has 0 bridgehead atoms. The predicted molar refractivity (Wildman–Crippen MR) is 68.3 cm³/mol. The summed E-state index contributed by atoms with van der Waals surface area (Å²) in [6, 6.07) is 0. The molecule has 5 heteroatoms. The molecule has 2 rings (SSSR count). The highest BCUT2D eigenvalue weighted by molar-refractivity contribution is 9.09. The fourth-order valence-electron chi connectivity index (χ4n) is 2.45. The monoisotopic (exact) mass is 305 g/mol. The third-order valence-corrected chi connectivity index (χ3v) is 3.99. The van der Waals surface area contributed by atoms with Crippen molar-refractivity contribution in [3.8, 4) is 0 Å². The molecule has 0 aromatic rings. The Kier molecular flexibility index (Phi) is 4.82. The van der Waals surface area contributed by atoms with E-state index in [-0.39, 0.29) is 24.2 Å². The summed E-state index contributed by atoms with van der Waals surface area (Å²) >= 11 is 3.42. The molecule has 0 aromatic carbocycles. The van der Waals surface area contributed by atoms with E-state index >= 15 is 0 Å². The first-order chi connectivity index (χ1) is 8.20. The van der Waals surface area contributed by atoms with Gasteiger partial charge in [0.05, 0.1) is 12.2 Å². The van der Waals surface area contributed by atoms with Crippen LogP contribution in [-0.2, 0) is 14.3 Å². The quantitative estimate of drug-likeness (QED) is 0.727. The minimum absolute atomic E-state index is 0.103. The number of hydrogen-bond donors (Lipinski definition) is 0. The second kappa shape index (κ2) is 6.16. The van der Waals surface area contributed by atoms with E-state index < -0.39 is 0 Å². The molecule has 2 heterocycles. The Morgan fingerprint density at radius 2 is 2.24 bits per heavy atom. The van der Waals surface area contributed by atoms with Gasteiger partial charge in [-0.2, -0.15) is 0 Å². The molecule has 2 saturated heterocycles. The fourth-order valence-corrected chi connectivity index (χ4v) is 2.81. The lowest BCUT2D eigenvalue weighted by molar-refractivity contribution is -0.157. The van der Waals surface area contributed by atoms with Gasteiger partial charge >= 0.3 is 0 Å². The molecule has 0 N–H and O–H groups in total. The van der Waals surface area contributed by atoms with Crippen molar-refractivity contribution in [1.82, 2.24) is 4.90 Å². The summed E-state index contributed by atoms with van der Waals surface area (Å²) < 4.78 is 11.3. The van der Waals surface area contributed by atoms with Gasteiger partial charge in [-0.05, 0) is 26.2 Å². The summed E-state index contributed by atoms with van der Waals surface area (Å²) in [5, 5.41) is 0.770. The second-order valence-corrected chi connectivity index (χ2v) is 5.47. The Balaban J connectivity index is 1.93. The number of alkyl halides is 1. The average Bonchev–Trinajstić information content (AvgIpc) is 2.38. The molecule has 4 nitrogen and oxygen atoms in total. The van der Waals surface area contributed by atoms with E-state index in [1.807, 2.05) is 11.8 Å². The molecule has 3 atom stereocenters. The molecule has 2 aliphatic heterocycles. The second-order valence-electron chi connectivity index (χ2n) is 4.82. The highest BCUT2D eigenvalue weighted by atomic mass is 79.9. The lowest BCUT2D eigenvalue weighted by atomic mass is 10.1. The first-order valence-electron chi connectivity index (χ1n) is 6.32. The van der Waals surface area contributed by atoms with Crippen molar-refractivity contribution >= 4 is 21.8 Å². The Morgan fingerprint density at radius 3 is 2.88 bits per heavy atom. The lowest BCUT2D eigenvalue weighted by Crippen LogP contribution is -2.53. The summed E-state index contributed by atoms with van der Waals surface area (Å²) in [5.74, 6) is 0.144. The summed E-state index contributed by atoms with van der Waals surface area (Å²) in [5.41, 5.74) is 0. The molecule has 98 valence electrons. The molecule has 0 radical (unpaired) electrons. The van der Waals surface area contributed by atoms with Gasteiger partial charge in [-0.25, -0.2) is 0 Å². The maximum absolute atomic E-state index is 12.3. The van der Waals surface area contributed by atoms with Gasteiger partial charge in [0.2, 0.25) is 0 Å². The van der Waals surface area contributed by atoms with Gasteiger partial charge < -0.3 is 14.4 Å². The van der Waals surface area contributed by atoms with Gasteiger partial charge in [0.1, 0.15) is 6.10 Å². The SMILES string of the molecule is CC1CN(C(=O)C2CCCCO2)CC(CBr)O1. The standard InChI is InChI=1S/C12H20BrNO3/c1-9-7-14(8-10(6-13)17-9)12(15)11-4-2-3-5-16-11/h9-11H,2-8H2,1H3. The van der Waals surface area contributed by atoms with Crippen molar-refractivity contribution in [2.75, 3.05) is 25.0 Å². The van der Waals surface area contributed by atoms with E-state index in [1.54, 1.807) is 0 Å². The van der Waals surface area contributed by atoms with Crippen LogP contribution in [0.3, 0.4) is 0 Å². The van der Waals surface area contributed by atoms with Crippen LogP contribution in [0.4, 0.5) is 0 Å². The summed E-state index contributed by atoms with van der Waals surface area (Å²) in [6.07, 6.45) is 3.03. The summed E-state index contributed by atoms with van der Waals surface area (Å²) in [4.78, 5) is 14.2. The number of ether oxygens (including phenoxy) is 2. The summed E-state index contributed by atoms with van der Waals surface area (Å²) in [6.45, 7) is 4.09. The topological polar surface area (TPSA) is 38.8 Å². The normalized spacial score (nSPS) is 34.7. The van der Waals surface area contributed by atoms with Crippen LogP contribution in [0, 0.1) is 0 Å². The van der Waals surface area contributed by atoms with Gasteiger partial charge in [0.15, 0.2) is 0 Å². The molecule has 2 aliphatic rings. The zero-order chi connectivity index (χ0) is 12.3. The maximum atomic E-state index is 12.3. The van der Waals surface area contributed by atoms with Crippen LogP contribution in [-0.4, -0.2) is 54.1 Å². The Hall–Kier alpha value is -0.130. The third-order valence-electron chi connectivity index (χ3n) is 3.27. The molecule has 2 fully saturated rings. The third kappa shape index (κ3) is 3.42. The minimum atomic E-state index is -0.218. The van der Waals surface area contributed by atoms with Crippen LogP contribution in [0.5, 0.6) is 0 Å². The van der Waals surface area contributed by atoms with Crippen molar-refractivity contribution in [3.05, 3.63) is 0 Å². The van der Waals surface area contributed by atoms with E-state index in [4.69, 9.17) is 9.47 Å². The molecule has 0 saturated carbocycles. The van der Waals surface area contributed by atoms with Crippen molar-refractivity contribution in [1.29, 1.82) is 0 Å². The van der Waals surface area contributed by atoms with Crippen LogP contribution >= 0.6 is 15.9 Å². The van der Waals surface area contributed by atoms with Gasteiger partial charge in [0, 0.05) is 25.0 Å². The number of morpholine rings is 1. The van der Waals surface area contributed by atoms with Crippen LogP contribution in [0.1, 0.15) is 26.2 Å². The van der Waals surface area contributed by atoms with E-state index in [1.165, 1.54) is 0 Å². The largest absolute Gasteiger partial charge is 0.371 e. The van der Waals surface area contributed by atoms with Crippen LogP contribution in [0.25, 0.3) is 0 Å². The van der Waals surface area contributed by atoms with Crippen LogP contribution in [0.15, 0.2) is 0 Å². The Morgan fingerprint density at radius 1 is 1.41 bits per heavy atom. The first kappa shape index (κ1) is 13.3. The lowest BCUT2D eigenvalue weighted by Gasteiger charge is -2.38. The van der Waals surface area contributed by atoms with Crippen LogP contribution < -0.4 is 0 Å². The van der Waals surface area contributed by atoms with Gasteiger partial charge in [-0.1, -0.05) is 15.9 Å². The van der Waals surface area contributed by atoms with Crippen molar-refractivity contribution in [2.24, 2.45) is 0 Å². The number of hydrogen-bond acceptors (Lipinski definition) is 3. The van der Waals surface area contributed by atoms with Crippen LogP contribution in [0.2, 0.25) is 0 Å². The van der Waals surface area contributed by atoms with Crippen molar-refractivity contribution in [3.63, 3.8) is 0 Å². The number of nitrogens with zero attached hydrogens (tertiary/aromatic N) is 1. The summed E-state index contributed by atoms with van der Waals surface area (Å²) in [7, 11) is 0. The average molecular weight is 306 g/mol. The highest BCUT2D eigenvalue weighted by Crippen LogP contribution is 2.19.